The Kier molecular flexibility index (Phi) is 20.4. The van der Waals surface area contributed by atoms with Crippen LogP contribution in [0.25, 0.3) is 21.5 Å². The van der Waals surface area contributed by atoms with E-state index >= 15 is 0 Å². The predicted octanol–water partition coefficient (Wildman–Crippen LogP) is -5.27. The Morgan fingerprint density at radius 3 is 1.15 bits per heavy atom. The van der Waals surface area contributed by atoms with Crippen LogP contribution in [0.5, 0.6) is 11.5 Å². The van der Waals surface area contributed by atoms with Gasteiger partial charge in [-0.15, -0.1) is 0 Å². The molecule has 0 saturated heterocycles. The molecule has 6 rings (SSSR count). The molecule has 324 valence electrons. The van der Waals surface area contributed by atoms with E-state index in [2.05, 4.69) is 31.1 Å². The smallest absolute Gasteiger partial charge is 0.744 e. The monoisotopic (exact) mass is 984 g/mol. The van der Waals surface area contributed by atoms with Gasteiger partial charge in [0.2, 0.25) is 0 Å². The number of azo groups is 2. The number of hydrogen-bond donors (Lipinski definition) is 2. The van der Waals surface area contributed by atoms with Crippen LogP contribution in [0.2, 0.25) is 0 Å². The summed E-state index contributed by atoms with van der Waals surface area (Å²) in [6.45, 7) is 3.29. The number of benzene rings is 6. The number of fused-ring (bicyclic) bond motifs is 2. The van der Waals surface area contributed by atoms with Crippen molar-refractivity contribution >= 4 is 102 Å². The number of ether oxygens (including phenoxy) is 2. The van der Waals surface area contributed by atoms with E-state index < -0.39 is 66.1 Å². The van der Waals surface area contributed by atoms with Crippen molar-refractivity contribution in [1.82, 2.24) is 0 Å². The first-order valence-electron chi connectivity index (χ1n) is 17.1. The zero-order valence-corrected chi connectivity index (χ0v) is 43.4. The van der Waals surface area contributed by atoms with Crippen LogP contribution >= 0.6 is 0 Å². The number of amides is 2. The zero-order chi connectivity index (χ0) is 45.5. The van der Waals surface area contributed by atoms with E-state index in [4.69, 9.17) is 9.47 Å². The number of hydrogen-bond acceptors (Lipinski definition) is 19. The van der Waals surface area contributed by atoms with Crippen molar-refractivity contribution in [2.45, 2.75) is 33.4 Å². The minimum Gasteiger partial charge on any atom is -0.744 e. The maximum Gasteiger partial charge on any atom is 1.00 e. The van der Waals surface area contributed by atoms with Gasteiger partial charge in [-0.3, -0.25) is 0 Å². The van der Waals surface area contributed by atoms with Crippen molar-refractivity contribution in [3.8, 4) is 11.5 Å². The van der Waals surface area contributed by atoms with Crippen LogP contribution in [-0.2, 0) is 40.5 Å². The van der Waals surface area contributed by atoms with Crippen LogP contribution < -0.4 is 117 Å². The molecule has 0 bridgehead atoms. The van der Waals surface area contributed by atoms with E-state index in [9.17, 15) is 56.7 Å². The number of carbonyl (C=O) groups excluding carboxylic acids is 1. The molecule has 29 heteroatoms. The molecule has 6 aromatic carbocycles. The molecule has 0 aliphatic heterocycles. The maximum atomic E-state index is 13.2. The average Bonchev–Trinajstić information content (AvgIpc) is 3.17. The van der Waals surface area contributed by atoms with E-state index in [0.717, 1.165) is 12.1 Å². The van der Waals surface area contributed by atoms with Crippen LogP contribution in [0, 0.1) is 13.8 Å². The van der Waals surface area contributed by atoms with Crippen LogP contribution in [0.3, 0.4) is 0 Å². The number of nitrogens with one attached hydrogen (secondary N) is 2. The van der Waals surface area contributed by atoms with Crippen molar-refractivity contribution in [2.75, 3.05) is 24.9 Å². The minimum atomic E-state index is -5.22. The van der Waals surface area contributed by atoms with Crippen LogP contribution in [0.1, 0.15) is 11.1 Å². The van der Waals surface area contributed by atoms with Crippen molar-refractivity contribution in [3.63, 3.8) is 0 Å². The van der Waals surface area contributed by atoms with Crippen molar-refractivity contribution in [2.24, 2.45) is 20.5 Å². The number of anilines is 2. The summed E-state index contributed by atoms with van der Waals surface area (Å²) in [5.41, 5.74) is 2.02. The average molecular weight is 985 g/mol. The summed E-state index contributed by atoms with van der Waals surface area (Å²) in [5, 5.41) is 21.5. The van der Waals surface area contributed by atoms with Crippen LogP contribution in [0.4, 0.5) is 38.9 Å². The summed E-state index contributed by atoms with van der Waals surface area (Å²) in [5.74, 6) is 0.292. The molecule has 0 unspecified atom stereocenters. The molecule has 2 N–H and O–H groups in total. The van der Waals surface area contributed by atoms with Gasteiger partial charge in [0.1, 0.15) is 52.0 Å². The SMILES string of the molecule is COc1cc(N=Nc2ccc3cc(S(=O)(=O)[O-])cc(S(=O)(=O)[O-])c3c2)c(C)cc1NC(=O)Nc1cc(C)c(N=Nc2ccc3cc(S(=O)(=O)[O-])cc(S(=O)(=O)[O-])c3c2)cc1OC.[Li+].[Li+].[Na+].[Na+]. The molecule has 0 aliphatic carbocycles. The van der Waals surface area contributed by atoms with Gasteiger partial charge in [-0.05, 0) is 96.4 Å². The molecule has 0 fully saturated rings. The molecular weight excluding hydrogens is 957 g/mol. The second-order valence-corrected chi connectivity index (χ2v) is 18.6. The second-order valence-electron chi connectivity index (χ2n) is 13.1. The Balaban J connectivity index is 0.00000374. The Morgan fingerprint density at radius 2 is 0.848 bits per heavy atom. The molecule has 0 aliphatic rings. The first-order chi connectivity index (χ1) is 28.8. The van der Waals surface area contributed by atoms with Crippen molar-refractivity contribution in [1.29, 1.82) is 0 Å². The molecular formula is C37H28Li2N6Na2O15S4. The topological polar surface area (TPSA) is 338 Å². The summed E-state index contributed by atoms with van der Waals surface area (Å²) in [6, 6.07) is 15.7. The van der Waals surface area contributed by atoms with Gasteiger partial charge in [-0.2, -0.15) is 20.5 Å². The van der Waals surface area contributed by atoms with E-state index in [-0.39, 0.29) is 164 Å². The molecule has 6 aromatic rings. The Hall–Kier alpha value is -3.26. The van der Waals surface area contributed by atoms with Gasteiger partial charge in [0.25, 0.3) is 0 Å². The zero-order valence-electron chi connectivity index (χ0n) is 36.1. The Bertz CT molecular complexity index is 3180. The fourth-order valence-electron chi connectivity index (χ4n) is 6.00. The first-order valence-corrected chi connectivity index (χ1v) is 22.8. The number of rotatable bonds is 12. The van der Waals surface area contributed by atoms with Crippen molar-refractivity contribution in [3.05, 3.63) is 96.1 Å². The number of methoxy groups -OCH3 is 2. The van der Waals surface area contributed by atoms with E-state index in [1.165, 1.54) is 74.9 Å². The van der Waals surface area contributed by atoms with Gasteiger partial charge in [-0.1, -0.05) is 12.1 Å². The summed E-state index contributed by atoms with van der Waals surface area (Å²) in [4.78, 5) is 9.60. The quantitative estimate of drug-likeness (QED) is 0.0657. The molecule has 66 heavy (non-hydrogen) atoms. The predicted molar refractivity (Wildman–Crippen MR) is 216 cm³/mol. The van der Waals surface area contributed by atoms with E-state index in [1.807, 2.05) is 0 Å². The molecule has 21 nitrogen and oxygen atoms in total. The van der Waals surface area contributed by atoms with Crippen LogP contribution in [0.15, 0.2) is 125 Å². The first kappa shape index (κ1) is 58.9. The second kappa shape index (κ2) is 22.9. The fourth-order valence-corrected chi connectivity index (χ4v) is 8.65. The van der Waals surface area contributed by atoms with Gasteiger partial charge in [0.15, 0.2) is 0 Å². The summed E-state index contributed by atoms with van der Waals surface area (Å²) >= 11 is 0. The molecule has 0 heterocycles. The third-order valence-corrected chi connectivity index (χ3v) is 12.3. The van der Waals surface area contributed by atoms with Crippen molar-refractivity contribution < 1.29 is 163 Å². The molecule has 0 radical (unpaired) electrons. The number of aryl methyl sites for hydroxylation is 2. The number of carbonyl (C=O) groups is 1. The number of nitrogens with zero attached hydrogens (tertiary/aromatic N) is 4. The minimum absolute atomic E-state index is 0. The standard InChI is InChI=1S/C37H32N6O15S4.2Li.2Na/c1-19-9-31(33(57-3)17-29(19)42-40-23-7-5-21-11-25(59(45,46)47)15-35(27(21)13-23)61(51,52)53)38-37(44)39-32-10-20(2)30(18-34(32)58-4)43-41-24-8-6-22-12-26(60(48,49)50)16-36(28(22)14-24)62(54,55)56;;;;/h5-18H,1-4H3,(H2,38,39,44)(H,45,46,47)(H,48,49,50)(H,51,52,53)(H,54,55,56);;;;/q;4*+1/p-4. The summed E-state index contributed by atoms with van der Waals surface area (Å²) in [6.07, 6.45) is 0. The fraction of sp³-hybridized carbons (Fsp3) is 0.108. The number of urea groups is 1. The van der Waals surface area contributed by atoms with Gasteiger partial charge in [0.05, 0.1) is 67.9 Å². The third-order valence-electron chi connectivity index (χ3n) is 8.94. The molecule has 2 amide bonds. The van der Waals surface area contributed by atoms with Gasteiger partial charge in [-0.25, -0.2) is 38.5 Å². The summed E-state index contributed by atoms with van der Waals surface area (Å²) in [7, 11) is -17.9. The third kappa shape index (κ3) is 13.9. The van der Waals surface area contributed by atoms with E-state index in [0.29, 0.717) is 23.3 Å². The maximum absolute atomic E-state index is 13.2. The largest absolute Gasteiger partial charge is 1.00 e. The van der Waals surface area contributed by atoms with Gasteiger partial charge >= 0.3 is 103 Å². The summed E-state index contributed by atoms with van der Waals surface area (Å²) < 4.78 is 152. The molecule has 0 aromatic heterocycles. The van der Waals surface area contributed by atoms with Crippen LogP contribution in [-0.4, -0.2) is 72.1 Å². The molecule has 0 saturated carbocycles. The normalized spacial score (nSPS) is 11.9. The Morgan fingerprint density at radius 1 is 0.500 bits per heavy atom. The molecule has 0 atom stereocenters. The Labute approximate surface area is 446 Å². The van der Waals surface area contributed by atoms with E-state index in [1.54, 1.807) is 13.8 Å². The molecule has 0 spiro atoms. The van der Waals surface area contributed by atoms with Gasteiger partial charge in [0, 0.05) is 22.9 Å². The van der Waals surface area contributed by atoms with Gasteiger partial charge < -0.3 is 38.3 Å².